The number of nitrogen functional groups attached to an aromatic ring is 1. The van der Waals surface area contributed by atoms with E-state index in [1.54, 1.807) is 12.1 Å². The molecule has 0 aliphatic rings. The summed E-state index contributed by atoms with van der Waals surface area (Å²) in [7, 11) is 0. The van der Waals surface area contributed by atoms with Crippen molar-refractivity contribution < 1.29 is 0 Å². The van der Waals surface area contributed by atoms with Crippen LogP contribution >= 0.6 is 23.2 Å². The number of hydrogen-bond donors (Lipinski definition) is 1. The number of hydrogen-bond acceptors (Lipinski definition) is 2. The zero-order chi connectivity index (χ0) is 13.6. The van der Waals surface area contributed by atoms with Crippen LogP contribution in [0.1, 0.15) is 5.56 Å². The van der Waals surface area contributed by atoms with E-state index < -0.39 is 0 Å². The van der Waals surface area contributed by atoms with Crippen LogP contribution in [0, 0.1) is 6.92 Å². The number of rotatable bonds is 1. The van der Waals surface area contributed by atoms with Crippen molar-refractivity contribution in [2.75, 3.05) is 5.73 Å². The van der Waals surface area contributed by atoms with Crippen LogP contribution in [0.3, 0.4) is 0 Å². The van der Waals surface area contributed by atoms with Gasteiger partial charge in [0.1, 0.15) is 0 Å². The van der Waals surface area contributed by atoms with Gasteiger partial charge in [0.2, 0.25) is 0 Å². The molecule has 2 heterocycles. The fourth-order valence-electron chi connectivity index (χ4n) is 1.99. The lowest BCUT2D eigenvalue weighted by molar-refractivity contribution is 1.17. The number of aromatic nitrogens is 2. The number of nitrogens with two attached hydrogens (primary N) is 1. The van der Waals surface area contributed by atoms with Crippen LogP contribution in [0.15, 0.2) is 36.7 Å². The van der Waals surface area contributed by atoms with Crippen molar-refractivity contribution in [3.05, 3.63) is 52.3 Å². The van der Waals surface area contributed by atoms with Crippen molar-refractivity contribution in [1.82, 2.24) is 9.38 Å². The predicted molar refractivity (Wildman–Crippen MR) is 79.8 cm³/mol. The number of pyridine rings is 1. The Kier molecular flexibility index (Phi) is 2.88. The molecular formula is C14H11Cl2N3. The first-order valence-electron chi connectivity index (χ1n) is 5.75. The summed E-state index contributed by atoms with van der Waals surface area (Å²) >= 11 is 12.1. The molecule has 0 aliphatic carbocycles. The Balaban J connectivity index is 2.23. The maximum Gasteiger partial charge on any atom is 0.160 e. The van der Waals surface area contributed by atoms with Crippen LogP contribution in [0.5, 0.6) is 0 Å². The Hall–Kier alpha value is -1.71. The maximum atomic E-state index is 6.20. The molecule has 0 bridgehead atoms. The molecule has 0 atom stereocenters. The minimum atomic E-state index is 0.575. The van der Waals surface area contributed by atoms with Crippen molar-refractivity contribution in [3.63, 3.8) is 0 Å². The quantitative estimate of drug-likeness (QED) is 0.730. The van der Waals surface area contributed by atoms with Gasteiger partial charge in [-0.3, -0.25) is 0 Å². The Morgan fingerprint density at radius 3 is 2.74 bits per heavy atom. The molecule has 0 saturated heterocycles. The number of anilines is 1. The van der Waals surface area contributed by atoms with Gasteiger partial charge in [-0.25, -0.2) is 4.98 Å². The summed E-state index contributed by atoms with van der Waals surface area (Å²) < 4.78 is 1.89. The maximum absolute atomic E-state index is 6.20. The fourth-order valence-corrected chi connectivity index (χ4v) is 2.50. The average molecular weight is 292 g/mol. The normalized spacial score (nSPS) is 11.1. The van der Waals surface area contributed by atoms with E-state index in [1.807, 2.05) is 35.9 Å². The third kappa shape index (κ3) is 2.05. The van der Waals surface area contributed by atoms with Crippen LogP contribution in [0.4, 0.5) is 5.69 Å². The summed E-state index contributed by atoms with van der Waals surface area (Å²) in [6, 6.07) is 7.31. The van der Waals surface area contributed by atoms with Gasteiger partial charge in [0.05, 0.1) is 16.4 Å². The molecule has 0 unspecified atom stereocenters. The molecule has 96 valence electrons. The highest BCUT2D eigenvalue weighted by molar-refractivity contribution is 6.36. The van der Waals surface area contributed by atoms with E-state index in [-0.39, 0.29) is 0 Å². The summed E-state index contributed by atoms with van der Waals surface area (Å²) in [5.41, 5.74) is 10.1. The van der Waals surface area contributed by atoms with Gasteiger partial charge in [-0.05, 0) is 36.8 Å². The van der Waals surface area contributed by atoms with Gasteiger partial charge in [0.25, 0.3) is 0 Å². The zero-order valence-electron chi connectivity index (χ0n) is 10.2. The summed E-state index contributed by atoms with van der Waals surface area (Å²) in [4.78, 5) is 4.54. The second-order valence-electron chi connectivity index (χ2n) is 4.39. The number of benzene rings is 1. The first-order valence-corrected chi connectivity index (χ1v) is 6.51. The van der Waals surface area contributed by atoms with Crippen LogP contribution in [0.25, 0.3) is 16.9 Å². The second kappa shape index (κ2) is 4.44. The van der Waals surface area contributed by atoms with Crippen LogP contribution in [-0.4, -0.2) is 9.38 Å². The predicted octanol–water partition coefficient (Wildman–Crippen LogP) is 4.20. The molecule has 2 N–H and O–H groups in total. The molecule has 0 aliphatic heterocycles. The van der Waals surface area contributed by atoms with Gasteiger partial charge in [0.15, 0.2) is 5.65 Å². The highest BCUT2D eigenvalue weighted by Gasteiger charge is 2.11. The number of aryl methyl sites for hydroxylation is 1. The van der Waals surface area contributed by atoms with E-state index in [0.717, 1.165) is 22.5 Å². The van der Waals surface area contributed by atoms with Crippen molar-refractivity contribution in [1.29, 1.82) is 0 Å². The van der Waals surface area contributed by atoms with Gasteiger partial charge >= 0.3 is 0 Å². The molecule has 3 nitrogen and oxygen atoms in total. The summed E-state index contributed by atoms with van der Waals surface area (Å²) in [5, 5.41) is 1.18. The van der Waals surface area contributed by atoms with Crippen LogP contribution in [-0.2, 0) is 0 Å². The number of fused-ring (bicyclic) bond motifs is 1. The van der Waals surface area contributed by atoms with E-state index in [9.17, 15) is 0 Å². The molecule has 19 heavy (non-hydrogen) atoms. The van der Waals surface area contributed by atoms with E-state index >= 15 is 0 Å². The molecule has 2 aromatic heterocycles. The monoisotopic (exact) mass is 291 g/mol. The van der Waals surface area contributed by atoms with Crippen molar-refractivity contribution in [2.45, 2.75) is 6.92 Å². The molecular weight excluding hydrogens is 281 g/mol. The molecule has 0 spiro atoms. The molecule has 1 aromatic carbocycles. The second-order valence-corrected chi connectivity index (χ2v) is 5.24. The molecule has 0 radical (unpaired) electrons. The van der Waals surface area contributed by atoms with Gasteiger partial charge < -0.3 is 10.1 Å². The molecule has 5 heteroatoms. The first kappa shape index (κ1) is 12.3. The zero-order valence-corrected chi connectivity index (χ0v) is 11.7. The largest absolute Gasteiger partial charge is 0.395 e. The molecule has 0 saturated carbocycles. The molecule has 0 fully saturated rings. The van der Waals surface area contributed by atoms with E-state index in [0.29, 0.717) is 15.7 Å². The lowest BCUT2D eigenvalue weighted by atomic mass is 10.2. The van der Waals surface area contributed by atoms with Crippen LogP contribution < -0.4 is 5.73 Å². The van der Waals surface area contributed by atoms with Crippen LogP contribution in [0.2, 0.25) is 10.0 Å². The van der Waals surface area contributed by atoms with Crippen molar-refractivity contribution in [2.24, 2.45) is 0 Å². The van der Waals surface area contributed by atoms with Gasteiger partial charge in [-0.1, -0.05) is 23.2 Å². The highest BCUT2D eigenvalue weighted by atomic mass is 35.5. The number of imidazole rings is 1. The van der Waals surface area contributed by atoms with Gasteiger partial charge in [-0.15, -0.1) is 0 Å². The summed E-state index contributed by atoms with van der Waals surface area (Å²) in [6.45, 7) is 1.96. The fraction of sp³-hybridized carbons (Fsp3) is 0.0714. The van der Waals surface area contributed by atoms with E-state index in [1.165, 1.54) is 0 Å². The molecule has 3 aromatic rings. The minimum Gasteiger partial charge on any atom is -0.395 e. The lowest BCUT2D eigenvalue weighted by Crippen LogP contribution is -1.94. The molecule has 3 rings (SSSR count). The number of nitrogens with zero attached hydrogens (tertiary/aromatic N) is 2. The third-order valence-electron chi connectivity index (χ3n) is 3.09. The topological polar surface area (TPSA) is 43.3 Å². The number of halogens is 2. The van der Waals surface area contributed by atoms with Crippen molar-refractivity contribution in [3.8, 4) is 11.3 Å². The smallest absolute Gasteiger partial charge is 0.160 e. The third-order valence-corrected chi connectivity index (χ3v) is 3.64. The van der Waals surface area contributed by atoms with Crippen molar-refractivity contribution >= 4 is 34.5 Å². The highest BCUT2D eigenvalue weighted by Crippen LogP contribution is 2.31. The van der Waals surface area contributed by atoms with Gasteiger partial charge in [0, 0.05) is 23.0 Å². The molecule has 0 amide bonds. The summed E-state index contributed by atoms with van der Waals surface area (Å²) in [6.07, 6.45) is 3.83. The Labute approximate surface area is 120 Å². The van der Waals surface area contributed by atoms with Gasteiger partial charge in [-0.2, -0.15) is 0 Å². The van der Waals surface area contributed by atoms with E-state index in [4.69, 9.17) is 28.9 Å². The Bertz CT molecular complexity index is 778. The lowest BCUT2D eigenvalue weighted by Gasteiger charge is -2.00. The standard InChI is InChI=1S/C14H11Cl2N3/c1-8-4-5-19-7-12(18-14(19)13(8)17)10-3-2-9(15)6-11(10)16/h2-7H,17H2,1H3. The SMILES string of the molecule is Cc1ccn2cc(-c3ccc(Cl)cc3Cl)nc2c1N. The summed E-state index contributed by atoms with van der Waals surface area (Å²) in [5.74, 6) is 0. The Morgan fingerprint density at radius 1 is 1.21 bits per heavy atom. The average Bonchev–Trinajstić information content (AvgIpc) is 2.78. The minimum absolute atomic E-state index is 0.575. The first-order chi connectivity index (χ1) is 9.06. The van der Waals surface area contributed by atoms with E-state index in [2.05, 4.69) is 4.98 Å². The Morgan fingerprint density at radius 2 is 2.00 bits per heavy atom.